The second-order valence-electron chi connectivity index (χ2n) is 7.48. The number of rotatable bonds is 4. The number of hydrogen-bond acceptors (Lipinski definition) is 6. The zero-order valence-electron chi connectivity index (χ0n) is 17.3. The topological polar surface area (TPSA) is 93.0 Å². The van der Waals surface area contributed by atoms with E-state index < -0.39 is 0 Å². The molecule has 0 bridgehead atoms. The molecule has 1 aliphatic heterocycles. The second kappa shape index (κ2) is 8.43. The summed E-state index contributed by atoms with van der Waals surface area (Å²) in [6, 6.07) is 16.9. The quantitative estimate of drug-likeness (QED) is 0.381. The van der Waals surface area contributed by atoms with Crippen molar-refractivity contribution in [1.82, 2.24) is 19.7 Å². The highest BCUT2D eigenvalue weighted by Gasteiger charge is 2.29. The van der Waals surface area contributed by atoms with Gasteiger partial charge in [0.05, 0.1) is 34.4 Å². The fourth-order valence-electron chi connectivity index (χ4n) is 3.86. The maximum atomic E-state index is 13.3. The lowest BCUT2D eigenvalue weighted by molar-refractivity contribution is -0.117. The second-order valence-corrected chi connectivity index (χ2v) is 8.44. The van der Waals surface area contributed by atoms with Crippen molar-refractivity contribution in [3.63, 3.8) is 0 Å². The van der Waals surface area contributed by atoms with Gasteiger partial charge in [0.2, 0.25) is 11.8 Å². The number of para-hydroxylation sites is 3. The highest BCUT2D eigenvalue weighted by molar-refractivity contribution is 8.00. The van der Waals surface area contributed by atoms with Gasteiger partial charge < -0.3 is 10.2 Å². The minimum Gasteiger partial charge on any atom is -0.324 e. The summed E-state index contributed by atoms with van der Waals surface area (Å²) < 4.78 is 1.76. The number of nitrogens with zero attached hydrogens (tertiary/aromatic N) is 5. The van der Waals surface area contributed by atoms with E-state index in [9.17, 15) is 9.59 Å². The lowest BCUT2D eigenvalue weighted by Gasteiger charge is -2.27. The van der Waals surface area contributed by atoms with Gasteiger partial charge in [-0.15, -0.1) is 0 Å². The van der Waals surface area contributed by atoms with Crippen LogP contribution in [0.1, 0.15) is 13.3 Å². The van der Waals surface area contributed by atoms with E-state index in [1.54, 1.807) is 15.8 Å². The van der Waals surface area contributed by atoms with Gasteiger partial charge in [-0.2, -0.15) is 5.10 Å². The Morgan fingerprint density at radius 2 is 1.91 bits per heavy atom. The molecule has 0 spiro atoms. The van der Waals surface area contributed by atoms with E-state index in [0.717, 1.165) is 11.1 Å². The van der Waals surface area contributed by atoms with Gasteiger partial charge in [-0.05, 0) is 31.2 Å². The molecule has 8 nitrogen and oxygen atoms in total. The molecule has 0 radical (unpaired) electrons. The molecule has 0 saturated carbocycles. The molecule has 1 aliphatic rings. The summed E-state index contributed by atoms with van der Waals surface area (Å²) in [6.07, 6.45) is 3.46. The first-order chi connectivity index (χ1) is 15.6. The average Bonchev–Trinajstić information content (AvgIpc) is 3.19. The number of carbonyl (C=O) groups excluding carboxylic acids is 2. The Kier molecular flexibility index (Phi) is 5.32. The predicted molar refractivity (Wildman–Crippen MR) is 124 cm³/mol. The fraction of sp³-hybridized carbons (Fsp3) is 0.174. The SMILES string of the molecule is C[C@H]1CC(=O)Nc2ccccc2N1C(=O)CSc1ncnc2c1cnn2-c1ccccc1. The van der Waals surface area contributed by atoms with E-state index in [4.69, 9.17) is 0 Å². The lowest BCUT2D eigenvalue weighted by atomic mass is 10.2. The van der Waals surface area contributed by atoms with Crippen LogP contribution in [0, 0.1) is 0 Å². The van der Waals surface area contributed by atoms with Crippen molar-refractivity contribution in [2.24, 2.45) is 0 Å². The highest BCUT2D eigenvalue weighted by atomic mass is 32.2. The van der Waals surface area contributed by atoms with E-state index in [-0.39, 0.29) is 30.0 Å². The van der Waals surface area contributed by atoms with Gasteiger partial charge in [0.15, 0.2) is 5.65 Å². The van der Waals surface area contributed by atoms with Gasteiger partial charge in [-0.3, -0.25) is 9.59 Å². The van der Waals surface area contributed by atoms with Crippen molar-refractivity contribution < 1.29 is 9.59 Å². The third-order valence-electron chi connectivity index (χ3n) is 5.29. The van der Waals surface area contributed by atoms with Crippen LogP contribution >= 0.6 is 11.8 Å². The van der Waals surface area contributed by atoms with Crippen LogP contribution in [-0.4, -0.2) is 43.4 Å². The number of nitrogens with one attached hydrogen (secondary N) is 1. The van der Waals surface area contributed by atoms with E-state index in [1.165, 1.54) is 18.1 Å². The molecule has 1 atom stereocenters. The van der Waals surface area contributed by atoms with Gasteiger partial charge in [0.25, 0.3) is 0 Å². The summed E-state index contributed by atoms with van der Waals surface area (Å²) in [7, 11) is 0. The Balaban J connectivity index is 1.41. The van der Waals surface area contributed by atoms with Crippen molar-refractivity contribution >= 4 is 46.0 Å². The molecule has 9 heteroatoms. The Bertz CT molecular complexity index is 1310. The summed E-state index contributed by atoms with van der Waals surface area (Å²) >= 11 is 1.34. The smallest absolute Gasteiger partial charge is 0.237 e. The van der Waals surface area contributed by atoms with Crippen molar-refractivity contribution in [3.8, 4) is 5.69 Å². The minimum atomic E-state index is -0.252. The molecule has 1 N–H and O–H groups in total. The lowest BCUT2D eigenvalue weighted by Crippen LogP contribution is -2.40. The van der Waals surface area contributed by atoms with Crippen LogP contribution in [0.15, 0.2) is 72.1 Å². The summed E-state index contributed by atoms with van der Waals surface area (Å²) in [6.45, 7) is 1.89. The molecule has 2 amide bonds. The molecule has 5 rings (SSSR count). The molecule has 160 valence electrons. The summed E-state index contributed by atoms with van der Waals surface area (Å²) in [5, 5.41) is 8.83. The Labute approximate surface area is 188 Å². The summed E-state index contributed by atoms with van der Waals surface area (Å²) in [5.74, 6) is -0.0115. The number of anilines is 2. The first-order valence-corrected chi connectivity index (χ1v) is 11.2. The molecule has 0 aliphatic carbocycles. The third kappa shape index (κ3) is 3.71. The molecular formula is C23H20N6O2S. The van der Waals surface area contributed by atoms with Crippen LogP contribution in [0.25, 0.3) is 16.7 Å². The zero-order valence-corrected chi connectivity index (χ0v) is 18.1. The first-order valence-electron chi connectivity index (χ1n) is 10.2. The van der Waals surface area contributed by atoms with Crippen molar-refractivity contribution in [1.29, 1.82) is 0 Å². The van der Waals surface area contributed by atoms with E-state index in [0.29, 0.717) is 22.0 Å². The number of amides is 2. The molecule has 0 saturated heterocycles. The van der Waals surface area contributed by atoms with Gasteiger partial charge in [-0.25, -0.2) is 14.6 Å². The first kappa shape index (κ1) is 20.2. The fourth-order valence-corrected chi connectivity index (χ4v) is 4.68. The average molecular weight is 445 g/mol. The maximum Gasteiger partial charge on any atom is 0.237 e. The Hall–Kier alpha value is -3.72. The van der Waals surface area contributed by atoms with Crippen LogP contribution in [0.2, 0.25) is 0 Å². The number of thioether (sulfide) groups is 1. The maximum absolute atomic E-state index is 13.3. The minimum absolute atomic E-state index is 0.0892. The number of hydrogen-bond donors (Lipinski definition) is 1. The molecule has 0 fully saturated rings. The Morgan fingerprint density at radius 1 is 1.12 bits per heavy atom. The van der Waals surface area contributed by atoms with E-state index in [2.05, 4.69) is 20.4 Å². The summed E-state index contributed by atoms with van der Waals surface area (Å²) in [4.78, 5) is 35.9. The number of aromatic nitrogens is 4. The van der Waals surface area contributed by atoms with Crippen LogP contribution in [0.5, 0.6) is 0 Å². The van der Waals surface area contributed by atoms with E-state index >= 15 is 0 Å². The highest BCUT2D eigenvalue weighted by Crippen LogP contribution is 2.33. The molecule has 2 aromatic carbocycles. The van der Waals surface area contributed by atoms with Crippen molar-refractivity contribution in [3.05, 3.63) is 67.1 Å². The van der Waals surface area contributed by atoms with Crippen LogP contribution in [0.3, 0.4) is 0 Å². The molecular weight excluding hydrogens is 424 g/mol. The Morgan fingerprint density at radius 3 is 2.75 bits per heavy atom. The van der Waals surface area contributed by atoms with Crippen LogP contribution < -0.4 is 10.2 Å². The third-order valence-corrected chi connectivity index (χ3v) is 6.28. The largest absolute Gasteiger partial charge is 0.324 e. The molecule has 2 aromatic heterocycles. The van der Waals surface area contributed by atoms with Gasteiger partial charge in [-0.1, -0.05) is 42.1 Å². The predicted octanol–water partition coefficient (Wildman–Crippen LogP) is 3.67. The van der Waals surface area contributed by atoms with Crippen molar-refractivity contribution in [2.75, 3.05) is 16.0 Å². The van der Waals surface area contributed by atoms with Crippen LogP contribution in [-0.2, 0) is 9.59 Å². The molecule has 4 aromatic rings. The normalized spacial score (nSPS) is 15.8. The molecule has 0 unspecified atom stereocenters. The van der Waals surface area contributed by atoms with Gasteiger partial charge in [0, 0.05) is 12.5 Å². The monoisotopic (exact) mass is 444 g/mol. The van der Waals surface area contributed by atoms with Crippen LogP contribution in [0.4, 0.5) is 11.4 Å². The number of benzene rings is 2. The summed E-state index contributed by atoms with van der Waals surface area (Å²) in [5.41, 5.74) is 2.94. The van der Waals surface area contributed by atoms with Gasteiger partial charge in [0.1, 0.15) is 11.4 Å². The zero-order chi connectivity index (χ0) is 22.1. The number of carbonyl (C=O) groups is 2. The molecule has 32 heavy (non-hydrogen) atoms. The van der Waals surface area contributed by atoms with Crippen molar-refractivity contribution in [2.45, 2.75) is 24.4 Å². The molecule has 3 heterocycles. The number of fused-ring (bicyclic) bond motifs is 2. The standard InChI is InChI=1S/C23H20N6O2S/c1-15-11-20(30)27-18-9-5-6-10-19(18)28(15)21(31)13-32-23-17-12-26-29(22(17)24-14-25-23)16-7-3-2-4-8-16/h2-10,12,14-15H,11,13H2,1H3,(H,27,30)/t15-/m0/s1. The van der Waals surface area contributed by atoms with Gasteiger partial charge >= 0.3 is 0 Å². The van der Waals surface area contributed by atoms with E-state index in [1.807, 2.05) is 61.5 Å².